The Morgan fingerprint density at radius 1 is 1.15 bits per heavy atom. The SMILES string of the molecule is COc1nc2c(C3(Cc4ccncc4)CCNC3=O)ccc(OC)c2[nH]1. The zero-order chi connectivity index (χ0) is 18.1. The van der Waals surface area contributed by atoms with Gasteiger partial charge in [0.15, 0.2) is 0 Å². The molecule has 0 saturated carbocycles. The molecule has 1 unspecified atom stereocenters. The van der Waals surface area contributed by atoms with Crippen LogP contribution in [0.1, 0.15) is 17.5 Å². The highest BCUT2D eigenvalue weighted by Gasteiger charge is 2.45. The number of benzene rings is 1. The number of aromatic nitrogens is 3. The van der Waals surface area contributed by atoms with Crippen LogP contribution in [0.5, 0.6) is 11.8 Å². The molecule has 134 valence electrons. The van der Waals surface area contributed by atoms with Gasteiger partial charge < -0.3 is 19.8 Å². The molecule has 4 rings (SSSR count). The second kappa shape index (κ2) is 6.33. The van der Waals surface area contributed by atoms with Gasteiger partial charge in [-0.3, -0.25) is 9.78 Å². The molecular formula is C19H20N4O3. The maximum atomic E-state index is 12.9. The largest absolute Gasteiger partial charge is 0.494 e. The maximum absolute atomic E-state index is 12.9. The first-order valence-corrected chi connectivity index (χ1v) is 8.46. The number of fused-ring (bicyclic) bond motifs is 1. The summed E-state index contributed by atoms with van der Waals surface area (Å²) in [6, 6.07) is 8.09. The number of imidazole rings is 1. The molecule has 0 spiro atoms. The summed E-state index contributed by atoms with van der Waals surface area (Å²) < 4.78 is 10.7. The van der Waals surface area contributed by atoms with Crippen LogP contribution >= 0.6 is 0 Å². The first-order chi connectivity index (χ1) is 12.7. The molecule has 1 atom stereocenters. The van der Waals surface area contributed by atoms with Crippen molar-refractivity contribution < 1.29 is 14.3 Å². The summed E-state index contributed by atoms with van der Waals surface area (Å²) in [7, 11) is 3.16. The fourth-order valence-corrected chi connectivity index (χ4v) is 3.74. The number of nitrogens with one attached hydrogen (secondary N) is 2. The maximum Gasteiger partial charge on any atom is 0.294 e. The normalized spacial score (nSPS) is 19.5. The van der Waals surface area contributed by atoms with Gasteiger partial charge in [-0.05, 0) is 42.2 Å². The molecule has 1 fully saturated rings. The minimum absolute atomic E-state index is 0.0164. The van der Waals surface area contributed by atoms with Crippen LogP contribution in [0.3, 0.4) is 0 Å². The number of carbonyl (C=O) groups excluding carboxylic acids is 1. The number of hydrogen-bond donors (Lipinski definition) is 2. The van der Waals surface area contributed by atoms with Crippen LogP contribution in [0.15, 0.2) is 36.7 Å². The van der Waals surface area contributed by atoms with E-state index in [0.717, 1.165) is 16.6 Å². The monoisotopic (exact) mass is 352 g/mol. The fourth-order valence-electron chi connectivity index (χ4n) is 3.74. The highest BCUT2D eigenvalue weighted by molar-refractivity contribution is 5.97. The third-order valence-corrected chi connectivity index (χ3v) is 5.04. The average Bonchev–Trinajstić information content (AvgIpc) is 3.26. The van der Waals surface area contributed by atoms with E-state index < -0.39 is 5.41 Å². The number of nitrogens with zero attached hydrogens (tertiary/aromatic N) is 2. The van der Waals surface area contributed by atoms with Crippen molar-refractivity contribution in [2.75, 3.05) is 20.8 Å². The van der Waals surface area contributed by atoms with Crippen LogP contribution in [0.2, 0.25) is 0 Å². The van der Waals surface area contributed by atoms with E-state index in [1.54, 1.807) is 26.6 Å². The zero-order valence-corrected chi connectivity index (χ0v) is 14.7. The van der Waals surface area contributed by atoms with Crippen molar-refractivity contribution in [3.8, 4) is 11.8 Å². The van der Waals surface area contributed by atoms with Gasteiger partial charge in [0.25, 0.3) is 6.01 Å². The molecule has 1 amide bonds. The number of methoxy groups -OCH3 is 2. The van der Waals surface area contributed by atoms with Crippen LogP contribution in [0, 0.1) is 0 Å². The summed E-state index contributed by atoms with van der Waals surface area (Å²) in [6.07, 6.45) is 4.77. The number of amides is 1. The van der Waals surface area contributed by atoms with E-state index in [2.05, 4.69) is 20.3 Å². The van der Waals surface area contributed by atoms with Crippen molar-refractivity contribution in [2.45, 2.75) is 18.3 Å². The number of rotatable bonds is 5. The minimum Gasteiger partial charge on any atom is -0.494 e. The molecule has 26 heavy (non-hydrogen) atoms. The Morgan fingerprint density at radius 3 is 2.62 bits per heavy atom. The molecule has 7 nitrogen and oxygen atoms in total. The van der Waals surface area contributed by atoms with E-state index >= 15 is 0 Å². The third-order valence-electron chi connectivity index (χ3n) is 5.04. The number of ether oxygens (including phenoxy) is 2. The molecule has 2 N–H and O–H groups in total. The third kappa shape index (κ3) is 2.47. The van der Waals surface area contributed by atoms with Crippen LogP contribution in [0.4, 0.5) is 0 Å². The Hall–Kier alpha value is -3.09. The second-order valence-electron chi connectivity index (χ2n) is 6.41. The summed E-state index contributed by atoms with van der Waals surface area (Å²) in [4.78, 5) is 24.7. The molecular weight excluding hydrogens is 332 g/mol. The van der Waals surface area contributed by atoms with Crippen LogP contribution in [-0.2, 0) is 16.6 Å². The number of H-pyrrole nitrogens is 1. The molecule has 3 aromatic rings. The van der Waals surface area contributed by atoms with Gasteiger partial charge in [0, 0.05) is 18.9 Å². The summed E-state index contributed by atoms with van der Waals surface area (Å²) in [5, 5.41) is 2.99. The van der Waals surface area contributed by atoms with E-state index in [1.165, 1.54) is 0 Å². The smallest absolute Gasteiger partial charge is 0.294 e. The summed E-state index contributed by atoms with van der Waals surface area (Å²) in [5.41, 5.74) is 2.68. The topological polar surface area (TPSA) is 89.1 Å². The molecule has 0 aliphatic carbocycles. The van der Waals surface area contributed by atoms with E-state index in [-0.39, 0.29) is 5.91 Å². The molecule has 1 aromatic carbocycles. The highest BCUT2D eigenvalue weighted by atomic mass is 16.5. The fraction of sp³-hybridized carbons (Fsp3) is 0.316. The Kier molecular flexibility index (Phi) is 3.99. The predicted octanol–water partition coefficient (Wildman–Crippen LogP) is 1.98. The Morgan fingerprint density at radius 2 is 1.96 bits per heavy atom. The highest BCUT2D eigenvalue weighted by Crippen LogP contribution is 2.41. The lowest BCUT2D eigenvalue weighted by molar-refractivity contribution is -0.123. The number of aromatic amines is 1. The minimum atomic E-state index is -0.688. The number of pyridine rings is 1. The van der Waals surface area contributed by atoms with Crippen molar-refractivity contribution in [2.24, 2.45) is 0 Å². The number of carbonyl (C=O) groups is 1. The lowest BCUT2D eigenvalue weighted by atomic mass is 9.74. The quantitative estimate of drug-likeness (QED) is 0.733. The molecule has 7 heteroatoms. The average molecular weight is 352 g/mol. The van der Waals surface area contributed by atoms with Gasteiger partial charge in [0.1, 0.15) is 16.8 Å². The van der Waals surface area contributed by atoms with Gasteiger partial charge in [-0.15, -0.1) is 0 Å². The molecule has 1 saturated heterocycles. The molecule has 1 aliphatic rings. The first kappa shape index (κ1) is 16.4. The summed E-state index contributed by atoms with van der Waals surface area (Å²) in [6.45, 7) is 0.638. The molecule has 2 aromatic heterocycles. The summed E-state index contributed by atoms with van der Waals surface area (Å²) in [5.74, 6) is 0.680. The van der Waals surface area contributed by atoms with Gasteiger partial charge in [-0.2, -0.15) is 4.98 Å². The van der Waals surface area contributed by atoms with Gasteiger partial charge in [-0.25, -0.2) is 0 Å². The van der Waals surface area contributed by atoms with Crippen LogP contribution in [-0.4, -0.2) is 41.6 Å². The zero-order valence-electron chi connectivity index (χ0n) is 14.7. The van der Waals surface area contributed by atoms with Gasteiger partial charge in [0.2, 0.25) is 5.91 Å². The van der Waals surface area contributed by atoms with Crippen molar-refractivity contribution in [1.82, 2.24) is 20.3 Å². The van der Waals surface area contributed by atoms with Crippen molar-refractivity contribution in [3.05, 3.63) is 47.8 Å². The molecule has 1 aliphatic heterocycles. The van der Waals surface area contributed by atoms with E-state index in [9.17, 15) is 4.79 Å². The molecule has 0 bridgehead atoms. The Labute approximate surface area is 150 Å². The lowest BCUT2D eigenvalue weighted by Crippen LogP contribution is -2.38. The Bertz CT molecular complexity index is 954. The van der Waals surface area contributed by atoms with E-state index in [4.69, 9.17) is 9.47 Å². The van der Waals surface area contributed by atoms with Gasteiger partial charge in [-0.1, -0.05) is 6.07 Å². The predicted molar refractivity (Wildman–Crippen MR) is 96.4 cm³/mol. The second-order valence-corrected chi connectivity index (χ2v) is 6.41. The summed E-state index contributed by atoms with van der Waals surface area (Å²) >= 11 is 0. The number of hydrogen-bond acceptors (Lipinski definition) is 5. The van der Waals surface area contributed by atoms with Crippen molar-refractivity contribution in [3.63, 3.8) is 0 Å². The van der Waals surface area contributed by atoms with Crippen LogP contribution in [0.25, 0.3) is 11.0 Å². The lowest BCUT2D eigenvalue weighted by Gasteiger charge is -2.27. The molecule has 3 heterocycles. The van der Waals surface area contributed by atoms with Gasteiger partial charge >= 0.3 is 0 Å². The van der Waals surface area contributed by atoms with Crippen molar-refractivity contribution in [1.29, 1.82) is 0 Å². The Balaban J connectivity index is 1.92. The van der Waals surface area contributed by atoms with Gasteiger partial charge in [0.05, 0.1) is 19.6 Å². The standard InChI is InChI=1S/C19H20N4O3/c1-25-14-4-3-13(15-16(14)23-18(22-15)26-2)19(7-10-21-17(19)24)11-12-5-8-20-9-6-12/h3-6,8-9H,7,10-11H2,1-2H3,(H,21,24)(H,22,23). The molecule has 0 radical (unpaired) electrons. The van der Waals surface area contributed by atoms with Crippen molar-refractivity contribution >= 4 is 16.9 Å². The first-order valence-electron chi connectivity index (χ1n) is 8.46. The van der Waals surface area contributed by atoms with E-state index in [1.807, 2.05) is 24.3 Å². The van der Waals surface area contributed by atoms with E-state index in [0.29, 0.717) is 36.7 Å². The van der Waals surface area contributed by atoms with Crippen LogP contribution < -0.4 is 14.8 Å².